The van der Waals surface area contributed by atoms with Gasteiger partial charge in [-0.25, -0.2) is 0 Å². The third kappa shape index (κ3) is 4.99. The molecule has 0 aliphatic heterocycles. The van der Waals surface area contributed by atoms with Gasteiger partial charge in [0.05, 0.1) is 10.7 Å². The molecule has 0 saturated heterocycles. The van der Waals surface area contributed by atoms with Crippen molar-refractivity contribution in [3.8, 4) is 0 Å². The van der Waals surface area contributed by atoms with Gasteiger partial charge in [-0.15, -0.1) is 0 Å². The number of hydrogen-bond acceptors (Lipinski definition) is 1. The van der Waals surface area contributed by atoms with Crippen LogP contribution in [0.4, 0.5) is 5.69 Å². The van der Waals surface area contributed by atoms with Crippen molar-refractivity contribution in [2.24, 2.45) is 5.92 Å². The molecule has 2 heteroatoms. The minimum atomic E-state index is 0.757. The van der Waals surface area contributed by atoms with Crippen molar-refractivity contribution in [3.05, 3.63) is 28.8 Å². The van der Waals surface area contributed by atoms with Gasteiger partial charge in [-0.2, -0.15) is 0 Å². The Labute approximate surface area is 111 Å². The molecule has 1 atom stereocenters. The molecule has 1 aromatic carbocycles. The summed E-state index contributed by atoms with van der Waals surface area (Å²) < 4.78 is 0. The molecule has 1 rings (SSSR count). The highest BCUT2D eigenvalue weighted by atomic mass is 35.5. The molecule has 0 aromatic heterocycles. The van der Waals surface area contributed by atoms with Gasteiger partial charge in [0.1, 0.15) is 0 Å². The van der Waals surface area contributed by atoms with E-state index in [1.165, 1.54) is 31.2 Å². The Morgan fingerprint density at radius 2 is 2.06 bits per heavy atom. The van der Waals surface area contributed by atoms with Crippen LogP contribution < -0.4 is 5.32 Å². The number of aryl methyl sites for hydroxylation is 1. The molecule has 96 valence electrons. The quantitative estimate of drug-likeness (QED) is 0.697. The van der Waals surface area contributed by atoms with Crippen molar-refractivity contribution >= 4 is 17.3 Å². The predicted molar refractivity (Wildman–Crippen MR) is 78.0 cm³/mol. The van der Waals surface area contributed by atoms with Gasteiger partial charge in [0, 0.05) is 6.54 Å². The van der Waals surface area contributed by atoms with Gasteiger partial charge >= 0.3 is 0 Å². The van der Waals surface area contributed by atoms with Crippen LogP contribution in [0.5, 0.6) is 0 Å². The summed E-state index contributed by atoms with van der Waals surface area (Å²) in [6.07, 6.45) is 5.14. The maximum atomic E-state index is 6.20. The Kier molecular flexibility index (Phi) is 6.43. The molecule has 17 heavy (non-hydrogen) atoms. The molecule has 1 nitrogen and oxygen atoms in total. The second-order valence-electron chi connectivity index (χ2n) is 4.78. The van der Waals surface area contributed by atoms with E-state index in [9.17, 15) is 0 Å². The van der Waals surface area contributed by atoms with Crippen molar-refractivity contribution in [1.82, 2.24) is 0 Å². The predicted octanol–water partition coefficient (Wildman–Crippen LogP) is 5.28. The SMILES string of the molecule is CCCCC(CC)CNc1ccc(C)cc1Cl. The molecule has 1 aromatic rings. The van der Waals surface area contributed by atoms with Crippen LogP contribution in [0.25, 0.3) is 0 Å². The summed E-state index contributed by atoms with van der Waals surface area (Å²) in [5.41, 5.74) is 2.27. The van der Waals surface area contributed by atoms with Gasteiger partial charge in [0.15, 0.2) is 0 Å². The number of benzene rings is 1. The third-order valence-electron chi connectivity index (χ3n) is 3.25. The van der Waals surface area contributed by atoms with E-state index in [4.69, 9.17) is 11.6 Å². The molecule has 0 aliphatic rings. The highest BCUT2D eigenvalue weighted by molar-refractivity contribution is 6.33. The van der Waals surface area contributed by atoms with Crippen LogP contribution in [0.1, 0.15) is 45.1 Å². The first-order chi connectivity index (χ1) is 8.17. The van der Waals surface area contributed by atoms with Crippen molar-refractivity contribution in [3.63, 3.8) is 0 Å². The molecule has 0 aliphatic carbocycles. The van der Waals surface area contributed by atoms with Crippen LogP contribution >= 0.6 is 11.6 Å². The number of anilines is 1. The van der Waals surface area contributed by atoms with Crippen LogP contribution in [-0.2, 0) is 0 Å². The second-order valence-corrected chi connectivity index (χ2v) is 5.19. The largest absolute Gasteiger partial charge is 0.384 e. The second kappa shape index (κ2) is 7.60. The van der Waals surface area contributed by atoms with Gasteiger partial charge in [-0.05, 0) is 37.0 Å². The number of nitrogens with one attached hydrogen (secondary N) is 1. The average Bonchev–Trinajstić information content (AvgIpc) is 2.31. The first kappa shape index (κ1) is 14.4. The molecular formula is C15H24ClN. The molecule has 0 spiro atoms. The summed E-state index contributed by atoms with van der Waals surface area (Å²) in [5, 5.41) is 4.30. The van der Waals surface area contributed by atoms with Gasteiger partial charge < -0.3 is 5.32 Å². The average molecular weight is 254 g/mol. The zero-order valence-electron chi connectivity index (χ0n) is 11.2. The number of unbranched alkanes of at least 4 members (excludes halogenated alkanes) is 1. The van der Waals surface area contributed by atoms with E-state index < -0.39 is 0 Å². The maximum Gasteiger partial charge on any atom is 0.0640 e. The Morgan fingerprint density at radius 1 is 1.29 bits per heavy atom. The summed E-state index contributed by atoms with van der Waals surface area (Å²) in [7, 11) is 0. The molecule has 0 amide bonds. The van der Waals surface area contributed by atoms with Crippen molar-refractivity contribution < 1.29 is 0 Å². The lowest BCUT2D eigenvalue weighted by molar-refractivity contribution is 0.473. The fraction of sp³-hybridized carbons (Fsp3) is 0.600. The Hall–Kier alpha value is -0.690. The molecule has 0 radical (unpaired) electrons. The van der Waals surface area contributed by atoms with Gasteiger partial charge in [-0.1, -0.05) is 50.8 Å². The van der Waals surface area contributed by atoms with Crippen LogP contribution in [0, 0.1) is 12.8 Å². The highest BCUT2D eigenvalue weighted by Crippen LogP contribution is 2.23. The summed E-state index contributed by atoms with van der Waals surface area (Å²) in [6.45, 7) is 7.60. The smallest absolute Gasteiger partial charge is 0.0640 e. The minimum absolute atomic E-state index is 0.757. The Bertz CT molecular complexity index is 336. The van der Waals surface area contributed by atoms with E-state index in [2.05, 4.69) is 38.2 Å². The lowest BCUT2D eigenvalue weighted by atomic mass is 9.99. The molecule has 0 heterocycles. The summed E-state index contributed by atoms with van der Waals surface area (Å²) in [4.78, 5) is 0. The van der Waals surface area contributed by atoms with Gasteiger partial charge in [0.25, 0.3) is 0 Å². The van der Waals surface area contributed by atoms with Crippen molar-refractivity contribution in [1.29, 1.82) is 0 Å². The summed E-state index contributed by atoms with van der Waals surface area (Å²) in [5.74, 6) is 0.757. The summed E-state index contributed by atoms with van der Waals surface area (Å²) >= 11 is 6.20. The fourth-order valence-electron chi connectivity index (χ4n) is 1.96. The number of hydrogen-bond donors (Lipinski definition) is 1. The van der Waals surface area contributed by atoms with Crippen LogP contribution in [-0.4, -0.2) is 6.54 Å². The van der Waals surface area contributed by atoms with E-state index in [1.807, 2.05) is 6.07 Å². The maximum absolute atomic E-state index is 6.20. The lowest BCUT2D eigenvalue weighted by Gasteiger charge is -2.17. The summed E-state index contributed by atoms with van der Waals surface area (Å²) in [6, 6.07) is 6.18. The first-order valence-corrected chi connectivity index (χ1v) is 7.05. The molecule has 0 saturated carbocycles. The number of rotatable bonds is 7. The minimum Gasteiger partial charge on any atom is -0.384 e. The normalized spacial score (nSPS) is 12.5. The van der Waals surface area contributed by atoms with Gasteiger partial charge in [-0.3, -0.25) is 0 Å². The molecule has 0 bridgehead atoms. The van der Waals surface area contributed by atoms with E-state index in [-0.39, 0.29) is 0 Å². The Morgan fingerprint density at radius 3 is 2.65 bits per heavy atom. The van der Waals surface area contributed by atoms with Crippen LogP contribution in [0.2, 0.25) is 5.02 Å². The van der Waals surface area contributed by atoms with E-state index in [1.54, 1.807) is 0 Å². The number of halogens is 1. The van der Waals surface area contributed by atoms with E-state index in [0.717, 1.165) is 23.2 Å². The molecular weight excluding hydrogens is 230 g/mol. The monoisotopic (exact) mass is 253 g/mol. The van der Waals surface area contributed by atoms with E-state index in [0.29, 0.717) is 0 Å². The van der Waals surface area contributed by atoms with Crippen molar-refractivity contribution in [2.45, 2.75) is 46.5 Å². The molecule has 1 N–H and O–H groups in total. The standard InChI is InChI=1S/C15H24ClN/c1-4-6-7-13(5-2)11-17-15-9-8-12(3)10-14(15)16/h8-10,13,17H,4-7,11H2,1-3H3. The van der Waals surface area contributed by atoms with Crippen molar-refractivity contribution in [2.75, 3.05) is 11.9 Å². The molecule has 0 fully saturated rings. The van der Waals surface area contributed by atoms with Crippen LogP contribution in [0.15, 0.2) is 18.2 Å². The van der Waals surface area contributed by atoms with Crippen LogP contribution in [0.3, 0.4) is 0 Å². The zero-order valence-corrected chi connectivity index (χ0v) is 12.0. The third-order valence-corrected chi connectivity index (χ3v) is 3.56. The topological polar surface area (TPSA) is 12.0 Å². The van der Waals surface area contributed by atoms with Gasteiger partial charge in [0.2, 0.25) is 0 Å². The highest BCUT2D eigenvalue weighted by Gasteiger charge is 2.06. The first-order valence-electron chi connectivity index (χ1n) is 6.67. The fourth-order valence-corrected chi connectivity index (χ4v) is 2.26. The Balaban J connectivity index is 2.47. The van der Waals surface area contributed by atoms with E-state index >= 15 is 0 Å². The molecule has 1 unspecified atom stereocenters. The zero-order chi connectivity index (χ0) is 12.7. The lowest BCUT2D eigenvalue weighted by Crippen LogP contribution is -2.13.